The van der Waals surface area contributed by atoms with Gasteiger partial charge in [-0.25, -0.2) is 9.48 Å². The molecule has 1 N–H and O–H groups in total. The molecule has 136 valence electrons. The van der Waals surface area contributed by atoms with E-state index in [1.165, 1.54) is 4.90 Å². The van der Waals surface area contributed by atoms with Crippen molar-refractivity contribution >= 4 is 11.9 Å². The summed E-state index contributed by atoms with van der Waals surface area (Å²) in [5, 5.41) is 17.6. The topological polar surface area (TPSA) is 88.3 Å². The first kappa shape index (κ1) is 17.0. The highest BCUT2D eigenvalue weighted by molar-refractivity contribution is 5.95. The van der Waals surface area contributed by atoms with Gasteiger partial charge in [-0.2, -0.15) is 0 Å². The molecule has 0 unspecified atom stereocenters. The zero-order chi connectivity index (χ0) is 18.8. The van der Waals surface area contributed by atoms with E-state index in [4.69, 9.17) is 0 Å². The fourth-order valence-corrected chi connectivity index (χ4v) is 3.35. The quantitative estimate of drug-likeness (QED) is 0.767. The summed E-state index contributed by atoms with van der Waals surface area (Å²) in [6.45, 7) is 0.740. The van der Waals surface area contributed by atoms with Gasteiger partial charge in [0, 0.05) is 13.0 Å². The number of carbonyl (C=O) groups excluding carboxylic acids is 1. The third-order valence-corrected chi connectivity index (χ3v) is 4.74. The number of fused-ring (bicyclic) bond motifs is 1. The molecule has 0 fully saturated rings. The van der Waals surface area contributed by atoms with E-state index in [-0.39, 0.29) is 18.7 Å². The Hall–Kier alpha value is -3.48. The standard InChI is InChI=1S/C20H18N4O3/c25-19(17-13-23(22-21-17)11-14-6-2-1-3-7-14)24-12-16-9-5-4-8-15(16)10-18(24)20(26)27/h1-9,13,18H,10-12H2,(H,26,27)/t18-/m1/s1. The third kappa shape index (κ3) is 3.44. The highest BCUT2D eigenvalue weighted by Crippen LogP contribution is 2.24. The van der Waals surface area contributed by atoms with Gasteiger partial charge in [-0.1, -0.05) is 59.8 Å². The van der Waals surface area contributed by atoms with Crippen molar-refractivity contribution in [2.45, 2.75) is 25.6 Å². The Labute approximate surface area is 155 Å². The van der Waals surface area contributed by atoms with Crippen LogP contribution in [0.5, 0.6) is 0 Å². The zero-order valence-corrected chi connectivity index (χ0v) is 14.5. The van der Waals surface area contributed by atoms with E-state index < -0.39 is 17.9 Å². The molecule has 0 saturated carbocycles. The van der Waals surface area contributed by atoms with Gasteiger partial charge < -0.3 is 10.0 Å². The average Bonchev–Trinajstić information content (AvgIpc) is 3.15. The summed E-state index contributed by atoms with van der Waals surface area (Å²) in [6, 6.07) is 16.4. The molecule has 0 radical (unpaired) electrons. The predicted molar refractivity (Wildman–Crippen MR) is 97.0 cm³/mol. The minimum atomic E-state index is -1.02. The molecule has 0 aliphatic carbocycles. The van der Waals surface area contributed by atoms with Crippen LogP contribution in [0.4, 0.5) is 0 Å². The van der Waals surface area contributed by atoms with Crippen LogP contribution in [0.3, 0.4) is 0 Å². The Morgan fingerprint density at radius 1 is 1.04 bits per heavy atom. The van der Waals surface area contributed by atoms with Gasteiger partial charge in [0.1, 0.15) is 6.04 Å². The van der Waals surface area contributed by atoms with Crippen molar-refractivity contribution in [1.29, 1.82) is 0 Å². The summed E-state index contributed by atoms with van der Waals surface area (Å²) in [6.07, 6.45) is 1.85. The van der Waals surface area contributed by atoms with Gasteiger partial charge in [-0.15, -0.1) is 5.10 Å². The predicted octanol–water partition coefficient (Wildman–Crippen LogP) is 1.98. The maximum atomic E-state index is 12.9. The summed E-state index contributed by atoms with van der Waals surface area (Å²) in [5.41, 5.74) is 3.11. The molecule has 3 aromatic rings. The van der Waals surface area contributed by atoms with Crippen molar-refractivity contribution in [1.82, 2.24) is 19.9 Å². The summed E-state index contributed by atoms with van der Waals surface area (Å²) in [4.78, 5) is 26.0. The smallest absolute Gasteiger partial charge is 0.326 e. The first-order valence-corrected chi connectivity index (χ1v) is 8.66. The van der Waals surface area contributed by atoms with E-state index in [2.05, 4.69) is 10.3 Å². The summed E-state index contributed by atoms with van der Waals surface area (Å²) < 4.78 is 1.58. The van der Waals surface area contributed by atoms with Crippen LogP contribution < -0.4 is 0 Å². The van der Waals surface area contributed by atoms with Crippen LogP contribution >= 0.6 is 0 Å². The Morgan fingerprint density at radius 3 is 2.48 bits per heavy atom. The molecule has 1 aliphatic rings. The van der Waals surface area contributed by atoms with Gasteiger partial charge in [0.05, 0.1) is 12.7 Å². The van der Waals surface area contributed by atoms with Crippen LogP contribution in [0.25, 0.3) is 0 Å². The molecular weight excluding hydrogens is 344 g/mol. The maximum absolute atomic E-state index is 12.9. The molecule has 2 aromatic carbocycles. The lowest BCUT2D eigenvalue weighted by atomic mass is 9.94. The number of amides is 1. The fourth-order valence-electron chi connectivity index (χ4n) is 3.35. The van der Waals surface area contributed by atoms with Crippen molar-refractivity contribution in [2.24, 2.45) is 0 Å². The van der Waals surface area contributed by atoms with Gasteiger partial charge in [0.2, 0.25) is 0 Å². The van der Waals surface area contributed by atoms with Crippen molar-refractivity contribution in [2.75, 3.05) is 0 Å². The van der Waals surface area contributed by atoms with Gasteiger partial charge in [-0.3, -0.25) is 4.79 Å². The van der Waals surface area contributed by atoms with Crippen LogP contribution in [0.2, 0.25) is 0 Å². The number of hydrogen-bond donors (Lipinski definition) is 1. The van der Waals surface area contributed by atoms with Gasteiger partial charge in [-0.05, 0) is 16.7 Å². The number of aromatic nitrogens is 3. The number of aliphatic carboxylic acids is 1. The molecule has 27 heavy (non-hydrogen) atoms. The maximum Gasteiger partial charge on any atom is 0.326 e. The molecule has 2 heterocycles. The molecule has 1 amide bonds. The molecule has 1 atom stereocenters. The second-order valence-corrected chi connectivity index (χ2v) is 6.55. The van der Waals surface area contributed by atoms with Gasteiger partial charge >= 0.3 is 5.97 Å². The number of carbonyl (C=O) groups is 2. The van der Waals surface area contributed by atoms with E-state index in [9.17, 15) is 14.7 Å². The molecule has 4 rings (SSSR count). The Balaban J connectivity index is 1.57. The van der Waals surface area contributed by atoms with E-state index in [1.54, 1.807) is 10.9 Å². The van der Waals surface area contributed by atoms with Crippen molar-refractivity contribution in [3.63, 3.8) is 0 Å². The molecule has 7 heteroatoms. The Kier molecular flexibility index (Phi) is 4.42. The molecular formula is C20H18N4O3. The third-order valence-electron chi connectivity index (χ3n) is 4.74. The molecule has 1 aliphatic heterocycles. The second kappa shape index (κ2) is 7.03. The number of benzene rings is 2. The average molecular weight is 362 g/mol. The molecule has 0 spiro atoms. The molecule has 0 bridgehead atoms. The lowest BCUT2D eigenvalue weighted by Crippen LogP contribution is -2.48. The number of hydrogen-bond acceptors (Lipinski definition) is 4. The monoisotopic (exact) mass is 362 g/mol. The molecule has 7 nitrogen and oxygen atoms in total. The summed E-state index contributed by atoms with van der Waals surface area (Å²) in [7, 11) is 0. The number of carboxylic acid groups (broad SMARTS) is 1. The minimum Gasteiger partial charge on any atom is -0.480 e. The van der Waals surface area contributed by atoms with Crippen LogP contribution in [0.15, 0.2) is 60.8 Å². The van der Waals surface area contributed by atoms with Crippen molar-refractivity contribution < 1.29 is 14.7 Å². The Bertz CT molecular complexity index is 984. The lowest BCUT2D eigenvalue weighted by molar-refractivity contribution is -0.142. The first-order chi connectivity index (χ1) is 13.1. The molecule has 0 saturated heterocycles. The van der Waals surface area contributed by atoms with Gasteiger partial charge in [0.25, 0.3) is 5.91 Å². The molecule has 1 aromatic heterocycles. The number of nitrogens with zero attached hydrogens (tertiary/aromatic N) is 4. The van der Waals surface area contributed by atoms with E-state index in [1.807, 2.05) is 54.6 Å². The fraction of sp³-hybridized carbons (Fsp3) is 0.200. The highest BCUT2D eigenvalue weighted by Gasteiger charge is 2.35. The zero-order valence-electron chi connectivity index (χ0n) is 14.5. The van der Waals surface area contributed by atoms with Gasteiger partial charge in [0.15, 0.2) is 5.69 Å². The summed E-state index contributed by atoms with van der Waals surface area (Å²) >= 11 is 0. The first-order valence-electron chi connectivity index (χ1n) is 8.66. The van der Waals surface area contributed by atoms with E-state index >= 15 is 0 Å². The summed E-state index contributed by atoms with van der Waals surface area (Å²) in [5.74, 6) is -1.44. The van der Waals surface area contributed by atoms with E-state index in [0.29, 0.717) is 6.54 Å². The number of carboxylic acids is 1. The van der Waals surface area contributed by atoms with E-state index in [0.717, 1.165) is 16.7 Å². The van der Waals surface area contributed by atoms with Crippen LogP contribution in [0.1, 0.15) is 27.2 Å². The largest absolute Gasteiger partial charge is 0.480 e. The lowest BCUT2D eigenvalue weighted by Gasteiger charge is -2.33. The highest BCUT2D eigenvalue weighted by atomic mass is 16.4. The van der Waals surface area contributed by atoms with Crippen molar-refractivity contribution in [3.8, 4) is 0 Å². The van der Waals surface area contributed by atoms with Crippen LogP contribution in [0, 0.1) is 0 Å². The second-order valence-electron chi connectivity index (χ2n) is 6.55. The number of rotatable bonds is 4. The van der Waals surface area contributed by atoms with Crippen molar-refractivity contribution in [3.05, 3.63) is 83.2 Å². The Morgan fingerprint density at radius 2 is 1.74 bits per heavy atom. The minimum absolute atomic E-state index is 0.150. The van der Waals surface area contributed by atoms with Crippen LogP contribution in [-0.2, 0) is 24.3 Å². The SMILES string of the molecule is O=C(O)[C@H]1Cc2ccccc2CN1C(=O)c1cn(Cc2ccccc2)nn1. The van der Waals surface area contributed by atoms with Crippen LogP contribution in [-0.4, -0.2) is 42.9 Å². The normalized spacial score (nSPS) is 16.0.